The van der Waals surface area contributed by atoms with Crippen LogP contribution in [0.15, 0.2) is 0 Å². The molecule has 70 valence electrons. The van der Waals surface area contributed by atoms with Crippen molar-refractivity contribution in [3.05, 3.63) is 0 Å². The molecule has 0 aromatic heterocycles. The monoisotopic (exact) mass is 175 g/mol. The highest BCUT2D eigenvalue weighted by molar-refractivity contribution is 5.09. The van der Waals surface area contributed by atoms with Gasteiger partial charge in [-0.25, -0.2) is 0 Å². The predicted molar refractivity (Wildman–Crippen MR) is 53.8 cm³/mol. The average molecular weight is 175 g/mol. The fraction of sp³-hybridized carbons (Fsp3) is 0.750. The summed E-state index contributed by atoms with van der Waals surface area (Å²) in [7, 11) is 0. The molecule has 0 aromatic rings. The summed E-state index contributed by atoms with van der Waals surface area (Å²) in [5.41, 5.74) is -0.112. The van der Waals surface area contributed by atoms with Gasteiger partial charge in [-0.1, -0.05) is 25.7 Å². The van der Waals surface area contributed by atoms with Gasteiger partial charge in [0.15, 0.2) is 0 Å². The summed E-state index contributed by atoms with van der Waals surface area (Å²) >= 11 is 0. The van der Waals surface area contributed by atoms with Crippen LogP contribution in [0.1, 0.15) is 51.9 Å². The summed E-state index contributed by atoms with van der Waals surface area (Å²) in [5.74, 6) is 5.96. The van der Waals surface area contributed by atoms with Crippen LogP contribution < -0.4 is 0 Å². The second-order valence-corrected chi connectivity index (χ2v) is 3.91. The molecule has 0 aromatic carbocycles. The molecule has 1 aliphatic carbocycles. The minimum atomic E-state index is -0.112. The van der Waals surface area contributed by atoms with Gasteiger partial charge in [0.05, 0.1) is 11.5 Å². The Bertz CT molecular complexity index is 241. The molecule has 0 atom stereocenters. The third-order valence-electron chi connectivity index (χ3n) is 2.90. The summed E-state index contributed by atoms with van der Waals surface area (Å²) in [6.45, 7) is 1.85. The zero-order chi connectivity index (χ0) is 9.57. The van der Waals surface area contributed by atoms with Crippen molar-refractivity contribution in [3.63, 3.8) is 0 Å². The van der Waals surface area contributed by atoms with Crippen LogP contribution in [0.2, 0.25) is 0 Å². The van der Waals surface area contributed by atoms with Crippen molar-refractivity contribution in [2.75, 3.05) is 0 Å². The van der Waals surface area contributed by atoms with Gasteiger partial charge in [-0.3, -0.25) is 0 Å². The van der Waals surface area contributed by atoms with Gasteiger partial charge in [-0.05, 0) is 19.8 Å². The molecule has 13 heavy (non-hydrogen) atoms. The minimum absolute atomic E-state index is 0.112. The Balaban J connectivity index is 2.64. The molecule has 1 fully saturated rings. The topological polar surface area (TPSA) is 23.8 Å². The number of rotatable bonds is 1. The molecule has 0 aliphatic heterocycles. The molecule has 1 heteroatoms. The maximum Gasteiger partial charge on any atom is 0.0699 e. The first-order valence-corrected chi connectivity index (χ1v) is 5.14. The van der Waals surface area contributed by atoms with Crippen LogP contribution in [0.4, 0.5) is 0 Å². The van der Waals surface area contributed by atoms with Gasteiger partial charge in [-0.2, -0.15) is 5.26 Å². The Morgan fingerprint density at radius 2 is 1.77 bits per heavy atom. The molecule has 0 radical (unpaired) electrons. The van der Waals surface area contributed by atoms with Crippen LogP contribution >= 0.6 is 0 Å². The number of hydrogen-bond donors (Lipinski definition) is 0. The number of hydrogen-bond acceptors (Lipinski definition) is 1. The largest absolute Gasteiger partial charge is 0.198 e. The smallest absolute Gasteiger partial charge is 0.0699 e. The molecule has 1 saturated carbocycles. The summed E-state index contributed by atoms with van der Waals surface area (Å²) < 4.78 is 0. The van der Waals surface area contributed by atoms with Crippen LogP contribution in [-0.2, 0) is 0 Å². The first-order chi connectivity index (χ1) is 6.33. The fourth-order valence-corrected chi connectivity index (χ4v) is 1.99. The molecule has 1 aliphatic rings. The van der Waals surface area contributed by atoms with Crippen LogP contribution in [0.5, 0.6) is 0 Å². The van der Waals surface area contributed by atoms with Gasteiger partial charge in [0.2, 0.25) is 0 Å². The van der Waals surface area contributed by atoms with Crippen molar-refractivity contribution in [1.29, 1.82) is 5.26 Å². The van der Waals surface area contributed by atoms with Gasteiger partial charge in [-0.15, -0.1) is 11.8 Å². The maximum absolute atomic E-state index is 9.18. The molecule has 1 nitrogen and oxygen atoms in total. The zero-order valence-corrected chi connectivity index (χ0v) is 8.40. The van der Waals surface area contributed by atoms with Crippen LogP contribution in [0, 0.1) is 28.6 Å². The summed E-state index contributed by atoms with van der Waals surface area (Å²) in [4.78, 5) is 0. The first kappa shape index (κ1) is 10.1. The standard InChI is InChI=1S/C12H17N/c1-2-3-8-12(11-13)9-6-4-5-7-10-12/h4-10H2,1H3. The lowest BCUT2D eigenvalue weighted by Gasteiger charge is -2.21. The maximum atomic E-state index is 9.18. The Kier molecular flexibility index (Phi) is 3.84. The Labute approximate surface area is 81.1 Å². The molecule has 0 spiro atoms. The van der Waals surface area contributed by atoms with Gasteiger partial charge in [0, 0.05) is 6.42 Å². The van der Waals surface area contributed by atoms with E-state index in [9.17, 15) is 5.26 Å². The lowest BCUT2D eigenvalue weighted by atomic mass is 9.79. The van der Waals surface area contributed by atoms with E-state index in [0.29, 0.717) is 0 Å². The molecular weight excluding hydrogens is 158 g/mol. The lowest BCUT2D eigenvalue weighted by Crippen LogP contribution is -2.16. The normalized spacial score (nSPS) is 20.6. The fourth-order valence-electron chi connectivity index (χ4n) is 1.99. The Morgan fingerprint density at radius 3 is 2.23 bits per heavy atom. The third-order valence-corrected chi connectivity index (χ3v) is 2.90. The van der Waals surface area contributed by atoms with Gasteiger partial charge in [0.25, 0.3) is 0 Å². The molecule has 0 amide bonds. The SMILES string of the molecule is CC#CCC1(C#N)CCCCCC1. The third kappa shape index (κ3) is 2.78. The molecule has 0 unspecified atom stereocenters. The number of nitrogens with zero attached hydrogens (tertiary/aromatic N) is 1. The van der Waals surface area contributed by atoms with Gasteiger partial charge >= 0.3 is 0 Å². The molecule has 0 N–H and O–H groups in total. The van der Waals surface area contributed by atoms with E-state index in [2.05, 4.69) is 17.9 Å². The average Bonchev–Trinajstić information content (AvgIpc) is 2.41. The van der Waals surface area contributed by atoms with Crippen molar-refractivity contribution in [1.82, 2.24) is 0 Å². The van der Waals surface area contributed by atoms with E-state index < -0.39 is 0 Å². The van der Waals surface area contributed by atoms with Gasteiger partial charge < -0.3 is 0 Å². The highest BCUT2D eigenvalue weighted by Gasteiger charge is 2.29. The molecule has 0 saturated heterocycles. The second kappa shape index (κ2) is 4.93. The van der Waals surface area contributed by atoms with E-state index >= 15 is 0 Å². The van der Waals surface area contributed by atoms with Crippen molar-refractivity contribution in [2.45, 2.75) is 51.9 Å². The highest BCUT2D eigenvalue weighted by Crippen LogP contribution is 2.36. The molecule has 1 rings (SSSR count). The van der Waals surface area contributed by atoms with Crippen LogP contribution in [0.25, 0.3) is 0 Å². The van der Waals surface area contributed by atoms with Crippen molar-refractivity contribution in [2.24, 2.45) is 5.41 Å². The zero-order valence-electron chi connectivity index (χ0n) is 8.40. The van der Waals surface area contributed by atoms with E-state index in [1.807, 2.05) is 6.92 Å². The van der Waals surface area contributed by atoms with E-state index in [-0.39, 0.29) is 5.41 Å². The van der Waals surface area contributed by atoms with E-state index in [1.54, 1.807) is 0 Å². The summed E-state index contributed by atoms with van der Waals surface area (Å²) in [6.07, 6.45) is 7.89. The number of nitriles is 1. The highest BCUT2D eigenvalue weighted by atomic mass is 14.4. The first-order valence-electron chi connectivity index (χ1n) is 5.14. The van der Waals surface area contributed by atoms with Crippen LogP contribution in [0.3, 0.4) is 0 Å². The lowest BCUT2D eigenvalue weighted by molar-refractivity contribution is 0.351. The van der Waals surface area contributed by atoms with Gasteiger partial charge in [0.1, 0.15) is 0 Å². The summed E-state index contributed by atoms with van der Waals surface area (Å²) in [6, 6.07) is 2.49. The van der Waals surface area contributed by atoms with Crippen molar-refractivity contribution >= 4 is 0 Å². The Hall–Kier alpha value is -0.950. The van der Waals surface area contributed by atoms with Crippen molar-refractivity contribution in [3.8, 4) is 17.9 Å². The molecular formula is C12H17N. The molecule has 0 heterocycles. The predicted octanol–water partition coefficient (Wildman–Crippen LogP) is 3.26. The second-order valence-electron chi connectivity index (χ2n) is 3.91. The van der Waals surface area contributed by atoms with Crippen molar-refractivity contribution < 1.29 is 0 Å². The minimum Gasteiger partial charge on any atom is -0.198 e. The Morgan fingerprint density at radius 1 is 1.15 bits per heavy atom. The van der Waals surface area contributed by atoms with E-state index in [4.69, 9.17) is 0 Å². The molecule has 0 bridgehead atoms. The van der Waals surface area contributed by atoms with E-state index in [0.717, 1.165) is 19.3 Å². The van der Waals surface area contributed by atoms with E-state index in [1.165, 1.54) is 25.7 Å². The quantitative estimate of drug-likeness (QED) is 0.443. The summed E-state index contributed by atoms with van der Waals surface area (Å²) in [5, 5.41) is 9.18. The van der Waals surface area contributed by atoms with Crippen LogP contribution in [-0.4, -0.2) is 0 Å².